The van der Waals surface area contributed by atoms with Crippen molar-refractivity contribution in [2.75, 3.05) is 32.8 Å². The van der Waals surface area contributed by atoms with Crippen molar-refractivity contribution in [3.8, 4) is 0 Å². The molecule has 0 aromatic heterocycles. The molecule has 1 heterocycles. The third-order valence-corrected chi connectivity index (χ3v) is 4.39. The van der Waals surface area contributed by atoms with Crippen molar-refractivity contribution in [3.63, 3.8) is 0 Å². The number of benzene rings is 2. The molecule has 1 fully saturated rings. The molecule has 11 heteroatoms. The molecule has 0 bridgehead atoms. The summed E-state index contributed by atoms with van der Waals surface area (Å²) in [6, 6.07) is 7.73. The molecule has 3 rings (SSSR count). The second-order valence-electron chi connectivity index (χ2n) is 6.67. The third kappa shape index (κ3) is 7.91. The zero-order chi connectivity index (χ0) is 23.1. The summed E-state index contributed by atoms with van der Waals surface area (Å²) in [5.41, 5.74) is -3.32. The van der Waals surface area contributed by atoms with Gasteiger partial charge < -0.3 is 4.74 Å². The number of halogens is 7. The molecular weight excluding hydrogens is 433 g/mol. The first-order valence-corrected chi connectivity index (χ1v) is 9.13. The fraction of sp³-hybridized carbons (Fsp3) is 0.400. The molecule has 4 nitrogen and oxygen atoms in total. The Morgan fingerprint density at radius 3 is 1.81 bits per heavy atom. The predicted molar refractivity (Wildman–Crippen MR) is 98.6 cm³/mol. The lowest BCUT2D eigenvalue weighted by Gasteiger charge is -2.28. The number of hydrogen-bond donors (Lipinski definition) is 0. The number of rotatable bonds is 4. The summed E-state index contributed by atoms with van der Waals surface area (Å²) in [5.74, 6) is -0.178. The molecular formula is C20H19F7N2O2. The Labute approximate surface area is 173 Å². The minimum atomic E-state index is -4.96. The maximum absolute atomic E-state index is 12.9. The maximum Gasteiger partial charge on any atom is 0.416 e. The predicted octanol–water partition coefficient (Wildman–Crippen LogP) is 5.69. The molecule has 0 radical (unpaired) electrons. The quantitative estimate of drug-likeness (QED) is 0.442. The Morgan fingerprint density at radius 2 is 1.42 bits per heavy atom. The molecule has 31 heavy (non-hydrogen) atoms. The highest BCUT2D eigenvalue weighted by Crippen LogP contribution is 2.38. The molecule has 0 amide bonds. The van der Waals surface area contributed by atoms with Gasteiger partial charge >= 0.3 is 12.4 Å². The standard InChI is InChI=1S/C14H14F6N2O2.C6H5F/c15-13(16,17)10-5-9(6-11(7-10)14(18,19)20)12(21-23)8-22-1-3-24-4-2-22;7-6-4-2-1-3-5-6/h5-7,12H,1-4,8H2;1-5H. The topological polar surface area (TPSA) is 41.9 Å². The lowest BCUT2D eigenvalue weighted by Crippen LogP contribution is -2.38. The van der Waals surface area contributed by atoms with E-state index in [9.17, 15) is 35.6 Å². The number of nitrogens with zero attached hydrogens (tertiary/aromatic N) is 2. The van der Waals surface area contributed by atoms with Gasteiger partial charge in [0.25, 0.3) is 0 Å². The second kappa shape index (κ2) is 10.7. The van der Waals surface area contributed by atoms with Crippen molar-refractivity contribution >= 4 is 0 Å². The van der Waals surface area contributed by atoms with E-state index >= 15 is 0 Å². The van der Waals surface area contributed by atoms with E-state index in [1.807, 2.05) is 0 Å². The highest BCUT2D eigenvalue weighted by atomic mass is 19.4. The number of alkyl halides is 6. The van der Waals surface area contributed by atoms with E-state index < -0.39 is 35.1 Å². The lowest BCUT2D eigenvalue weighted by atomic mass is 9.99. The van der Waals surface area contributed by atoms with E-state index in [-0.39, 0.29) is 18.4 Å². The van der Waals surface area contributed by atoms with Gasteiger partial charge in [-0.1, -0.05) is 23.4 Å². The van der Waals surface area contributed by atoms with Crippen LogP contribution < -0.4 is 0 Å². The van der Waals surface area contributed by atoms with Gasteiger partial charge in [-0.05, 0) is 35.9 Å². The van der Waals surface area contributed by atoms with Crippen LogP contribution in [0.4, 0.5) is 30.7 Å². The van der Waals surface area contributed by atoms with Crippen LogP contribution in [-0.4, -0.2) is 37.7 Å². The first kappa shape index (κ1) is 24.7. The Balaban J connectivity index is 0.000000412. The molecule has 0 aliphatic carbocycles. The van der Waals surface area contributed by atoms with Crippen molar-refractivity contribution in [2.24, 2.45) is 5.18 Å². The van der Waals surface area contributed by atoms with Crippen molar-refractivity contribution in [2.45, 2.75) is 18.4 Å². The van der Waals surface area contributed by atoms with Gasteiger partial charge in [0.1, 0.15) is 11.9 Å². The van der Waals surface area contributed by atoms with Crippen molar-refractivity contribution < 1.29 is 35.5 Å². The average molecular weight is 452 g/mol. The van der Waals surface area contributed by atoms with Gasteiger partial charge in [-0.15, -0.1) is 0 Å². The van der Waals surface area contributed by atoms with E-state index in [2.05, 4.69) is 5.18 Å². The lowest BCUT2D eigenvalue weighted by molar-refractivity contribution is -0.143. The molecule has 1 atom stereocenters. The van der Waals surface area contributed by atoms with E-state index in [4.69, 9.17) is 4.74 Å². The van der Waals surface area contributed by atoms with Gasteiger partial charge in [0.15, 0.2) is 0 Å². The van der Waals surface area contributed by atoms with Gasteiger partial charge in [-0.25, -0.2) is 4.39 Å². The minimum Gasteiger partial charge on any atom is -0.379 e. The van der Waals surface area contributed by atoms with Crippen LogP contribution >= 0.6 is 0 Å². The summed E-state index contributed by atoms with van der Waals surface area (Å²) in [7, 11) is 0. The van der Waals surface area contributed by atoms with E-state index in [1.54, 1.807) is 23.1 Å². The van der Waals surface area contributed by atoms with Gasteiger partial charge in [-0.3, -0.25) is 4.90 Å². The summed E-state index contributed by atoms with van der Waals surface area (Å²) in [5, 5.41) is 2.73. The Hall–Kier alpha value is -2.53. The molecule has 2 aromatic carbocycles. The fourth-order valence-electron chi connectivity index (χ4n) is 2.81. The highest BCUT2D eigenvalue weighted by Gasteiger charge is 2.37. The summed E-state index contributed by atoms with van der Waals surface area (Å²) in [4.78, 5) is 12.7. The SMILES string of the molecule is Fc1ccccc1.O=NC(CN1CCOCC1)c1cc(C(F)(F)F)cc(C(F)(F)F)c1. The maximum atomic E-state index is 12.9. The van der Waals surface area contributed by atoms with E-state index in [0.29, 0.717) is 38.4 Å². The zero-order valence-electron chi connectivity index (χ0n) is 16.1. The average Bonchev–Trinajstić information content (AvgIpc) is 2.72. The number of nitroso groups, excluding NO2 is 1. The van der Waals surface area contributed by atoms with Gasteiger partial charge in [-0.2, -0.15) is 31.2 Å². The Bertz CT molecular complexity index is 803. The molecule has 1 aliphatic heterocycles. The van der Waals surface area contributed by atoms with Crippen LogP contribution in [0.5, 0.6) is 0 Å². The zero-order valence-corrected chi connectivity index (χ0v) is 16.1. The van der Waals surface area contributed by atoms with Crippen LogP contribution in [0.1, 0.15) is 22.7 Å². The normalized spacial score (nSPS) is 16.2. The summed E-state index contributed by atoms with van der Waals surface area (Å²) >= 11 is 0. The highest BCUT2D eigenvalue weighted by molar-refractivity contribution is 5.35. The first-order chi connectivity index (χ1) is 14.5. The smallest absolute Gasteiger partial charge is 0.379 e. The monoisotopic (exact) mass is 452 g/mol. The van der Waals surface area contributed by atoms with Gasteiger partial charge in [0.05, 0.1) is 24.3 Å². The van der Waals surface area contributed by atoms with Crippen LogP contribution in [0.3, 0.4) is 0 Å². The molecule has 0 spiro atoms. The van der Waals surface area contributed by atoms with E-state index in [1.165, 1.54) is 12.1 Å². The Kier molecular flexibility index (Phi) is 8.52. The third-order valence-electron chi connectivity index (χ3n) is 4.39. The first-order valence-electron chi connectivity index (χ1n) is 9.13. The van der Waals surface area contributed by atoms with Gasteiger partial charge in [0, 0.05) is 19.6 Å². The number of hydrogen-bond acceptors (Lipinski definition) is 4. The largest absolute Gasteiger partial charge is 0.416 e. The molecule has 0 N–H and O–H groups in total. The van der Waals surface area contributed by atoms with Crippen molar-refractivity contribution in [3.05, 3.63) is 75.9 Å². The van der Waals surface area contributed by atoms with E-state index in [0.717, 1.165) is 0 Å². The second-order valence-corrected chi connectivity index (χ2v) is 6.67. The van der Waals surface area contributed by atoms with Crippen molar-refractivity contribution in [1.29, 1.82) is 0 Å². The van der Waals surface area contributed by atoms with Crippen molar-refractivity contribution in [1.82, 2.24) is 4.90 Å². The molecule has 1 unspecified atom stereocenters. The summed E-state index contributed by atoms with van der Waals surface area (Å²) in [6.45, 7) is 1.55. The summed E-state index contributed by atoms with van der Waals surface area (Å²) in [6.07, 6.45) is -9.91. The number of ether oxygens (including phenoxy) is 1. The molecule has 1 saturated heterocycles. The number of morpholine rings is 1. The van der Waals surface area contributed by atoms with Crippen LogP contribution in [0, 0.1) is 10.7 Å². The van der Waals surface area contributed by atoms with Crippen LogP contribution in [0.15, 0.2) is 53.7 Å². The van der Waals surface area contributed by atoms with Crippen LogP contribution in [-0.2, 0) is 17.1 Å². The molecule has 1 aliphatic rings. The minimum absolute atomic E-state index is 0.0279. The van der Waals surface area contributed by atoms with Crippen LogP contribution in [0.25, 0.3) is 0 Å². The summed E-state index contributed by atoms with van der Waals surface area (Å²) < 4.78 is 94.2. The fourth-order valence-corrected chi connectivity index (χ4v) is 2.81. The molecule has 0 saturated carbocycles. The van der Waals surface area contributed by atoms with Gasteiger partial charge in [0.2, 0.25) is 0 Å². The molecule has 170 valence electrons. The molecule has 2 aromatic rings. The Morgan fingerprint density at radius 1 is 0.903 bits per heavy atom. The van der Waals surface area contributed by atoms with Crippen LogP contribution in [0.2, 0.25) is 0 Å².